The Morgan fingerprint density at radius 3 is 2.41 bits per heavy atom. The molecule has 7 heteroatoms. The number of carbonyl (C=O) groups is 3. The molecule has 3 rings (SSSR count). The van der Waals surface area contributed by atoms with Gasteiger partial charge in [-0.05, 0) is 55.3 Å². The molecule has 0 radical (unpaired) electrons. The number of carboxylic acids is 1. The second-order valence-corrected chi connectivity index (χ2v) is 8.74. The molecule has 3 N–H and O–H groups in total. The molecule has 1 atom stereocenters. The Balaban J connectivity index is 1.61. The maximum absolute atomic E-state index is 12.7. The van der Waals surface area contributed by atoms with Crippen molar-refractivity contribution >= 4 is 40.9 Å². The van der Waals surface area contributed by atoms with Gasteiger partial charge in [0, 0.05) is 16.3 Å². The van der Waals surface area contributed by atoms with E-state index in [0.29, 0.717) is 11.4 Å². The van der Waals surface area contributed by atoms with Crippen LogP contribution in [-0.4, -0.2) is 28.1 Å². The topological polar surface area (TPSA) is 95.5 Å². The first-order valence-electron chi connectivity index (χ1n) is 10.1. The third-order valence-corrected chi connectivity index (χ3v) is 5.84. The molecule has 0 heterocycles. The van der Waals surface area contributed by atoms with Crippen LogP contribution in [0.15, 0.2) is 77.7 Å². The fourth-order valence-electron chi connectivity index (χ4n) is 3.02. The van der Waals surface area contributed by atoms with Crippen molar-refractivity contribution in [1.29, 1.82) is 0 Å². The van der Waals surface area contributed by atoms with Crippen LogP contribution in [0.25, 0.3) is 0 Å². The average molecular weight is 449 g/mol. The van der Waals surface area contributed by atoms with Crippen LogP contribution in [0.3, 0.4) is 0 Å². The number of carboxylic acid groups (broad SMARTS) is 1. The number of aromatic carboxylic acids is 1. The van der Waals surface area contributed by atoms with E-state index in [1.165, 1.54) is 23.9 Å². The summed E-state index contributed by atoms with van der Waals surface area (Å²) in [4.78, 5) is 37.0. The number of hydrogen-bond acceptors (Lipinski definition) is 4. The van der Waals surface area contributed by atoms with Gasteiger partial charge in [-0.15, -0.1) is 11.8 Å². The zero-order valence-electron chi connectivity index (χ0n) is 17.8. The van der Waals surface area contributed by atoms with Gasteiger partial charge in [-0.1, -0.05) is 42.5 Å². The molecular formula is C25H24N2O4S. The largest absolute Gasteiger partial charge is 0.478 e. The standard InChI is InChI=1S/C25H24N2O4S/c1-16-11-12-19(25(30)31)14-22(16)27-24(29)17(2)32-21-10-6-9-20(15-21)26-23(28)13-18-7-4-3-5-8-18/h3-12,14-15,17H,13H2,1-2H3,(H,26,28)(H,27,29)(H,30,31). The molecule has 0 bridgehead atoms. The van der Waals surface area contributed by atoms with Crippen molar-refractivity contribution in [3.63, 3.8) is 0 Å². The molecule has 0 aliphatic carbocycles. The van der Waals surface area contributed by atoms with Crippen molar-refractivity contribution in [2.75, 3.05) is 10.6 Å². The maximum atomic E-state index is 12.7. The summed E-state index contributed by atoms with van der Waals surface area (Å²) in [5, 5.41) is 14.4. The highest BCUT2D eigenvalue weighted by Crippen LogP contribution is 2.27. The molecule has 0 fully saturated rings. The summed E-state index contributed by atoms with van der Waals surface area (Å²) in [7, 11) is 0. The maximum Gasteiger partial charge on any atom is 0.335 e. The minimum absolute atomic E-state index is 0.113. The van der Waals surface area contributed by atoms with Crippen LogP contribution < -0.4 is 10.6 Å². The summed E-state index contributed by atoms with van der Waals surface area (Å²) < 4.78 is 0. The molecule has 0 spiro atoms. The fourth-order valence-corrected chi connectivity index (χ4v) is 3.94. The van der Waals surface area contributed by atoms with Crippen LogP contribution in [0.2, 0.25) is 0 Å². The second kappa shape index (κ2) is 10.6. The molecule has 0 aliphatic heterocycles. The lowest BCUT2D eigenvalue weighted by atomic mass is 10.1. The van der Waals surface area contributed by atoms with Gasteiger partial charge in [-0.25, -0.2) is 4.79 Å². The SMILES string of the molecule is Cc1ccc(C(=O)O)cc1NC(=O)C(C)Sc1cccc(NC(=O)Cc2ccccc2)c1. The monoisotopic (exact) mass is 448 g/mol. The van der Waals surface area contributed by atoms with Crippen LogP contribution in [-0.2, 0) is 16.0 Å². The van der Waals surface area contributed by atoms with Gasteiger partial charge in [0.1, 0.15) is 0 Å². The molecule has 1 unspecified atom stereocenters. The summed E-state index contributed by atoms with van der Waals surface area (Å²) in [5.74, 6) is -1.40. The predicted molar refractivity (Wildman–Crippen MR) is 127 cm³/mol. The Morgan fingerprint density at radius 2 is 1.69 bits per heavy atom. The van der Waals surface area contributed by atoms with E-state index in [1.54, 1.807) is 26.0 Å². The van der Waals surface area contributed by atoms with Gasteiger partial charge in [0.2, 0.25) is 11.8 Å². The normalized spacial score (nSPS) is 11.4. The number of nitrogens with one attached hydrogen (secondary N) is 2. The number of carbonyl (C=O) groups excluding carboxylic acids is 2. The lowest BCUT2D eigenvalue weighted by Gasteiger charge is -2.15. The van der Waals surface area contributed by atoms with Crippen molar-refractivity contribution in [1.82, 2.24) is 0 Å². The van der Waals surface area contributed by atoms with Gasteiger partial charge in [0.25, 0.3) is 0 Å². The van der Waals surface area contributed by atoms with Gasteiger partial charge in [-0.2, -0.15) is 0 Å². The highest BCUT2D eigenvalue weighted by Gasteiger charge is 2.17. The van der Waals surface area contributed by atoms with E-state index in [1.807, 2.05) is 48.5 Å². The Bertz CT molecular complexity index is 1130. The molecule has 6 nitrogen and oxygen atoms in total. The Labute approximate surface area is 191 Å². The molecule has 3 aromatic carbocycles. The lowest BCUT2D eigenvalue weighted by Crippen LogP contribution is -2.23. The van der Waals surface area contributed by atoms with Crippen LogP contribution in [0.4, 0.5) is 11.4 Å². The van der Waals surface area contributed by atoms with E-state index in [9.17, 15) is 14.4 Å². The molecule has 0 aliphatic rings. The van der Waals surface area contributed by atoms with Gasteiger partial charge in [0.05, 0.1) is 17.2 Å². The van der Waals surface area contributed by atoms with Crippen molar-refractivity contribution in [3.05, 3.63) is 89.5 Å². The Hall–Kier alpha value is -3.58. The smallest absolute Gasteiger partial charge is 0.335 e. The first kappa shape index (κ1) is 23.1. The lowest BCUT2D eigenvalue weighted by molar-refractivity contribution is -0.116. The minimum atomic E-state index is -1.05. The number of benzene rings is 3. The van der Waals surface area contributed by atoms with E-state index in [4.69, 9.17) is 5.11 Å². The van der Waals surface area contributed by atoms with E-state index in [2.05, 4.69) is 10.6 Å². The minimum Gasteiger partial charge on any atom is -0.478 e. The summed E-state index contributed by atoms with van der Waals surface area (Å²) in [6.07, 6.45) is 0.284. The Morgan fingerprint density at radius 1 is 0.938 bits per heavy atom. The first-order valence-corrected chi connectivity index (χ1v) is 10.9. The fraction of sp³-hybridized carbons (Fsp3) is 0.160. The van der Waals surface area contributed by atoms with Gasteiger partial charge in [-0.3, -0.25) is 9.59 Å². The third kappa shape index (κ3) is 6.46. The number of amides is 2. The van der Waals surface area contributed by atoms with E-state index in [-0.39, 0.29) is 23.8 Å². The highest BCUT2D eigenvalue weighted by atomic mass is 32.2. The Kier molecular flexibility index (Phi) is 7.68. The van der Waals surface area contributed by atoms with E-state index in [0.717, 1.165) is 16.0 Å². The van der Waals surface area contributed by atoms with E-state index >= 15 is 0 Å². The van der Waals surface area contributed by atoms with Crippen molar-refractivity contribution in [2.24, 2.45) is 0 Å². The first-order chi connectivity index (χ1) is 15.3. The summed E-state index contributed by atoms with van der Waals surface area (Å²) >= 11 is 1.35. The summed E-state index contributed by atoms with van der Waals surface area (Å²) in [6, 6.07) is 21.5. The van der Waals surface area contributed by atoms with Crippen LogP contribution in [0, 0.1) is 6.92 Å². The number of anilines is 2. The molecular weight excluding hydrogens is 424 g/mol. The van der Waals surface area contributed by atoms with Gasteiger partial charge >= 0.3 is 5.97 Å². The molecule has 0 saturated carbocycles. The number of hydrogen-bond donors (Lipinski definition) is 3. The summed E-state index contributed by atoms with van der Waals surface area (Å²) in [6.45, 7) is 3.58. The summed E-state index contributed by atoms with van der Waals surface area (Å²) in [5.41, 5.74) is 2.97. The molecule has 0 saturated heterocycles. The number of rotatable bonds is 8. The molecule has 164 valence electrons. The molecule has 0 aromatic heterocycles. The highest BCUT2D eigenvalue weighted by molar-refractivity contribution is 8.00. The number of aryl methyl sites for hydroxylation is 1. The van der Waals surface area contributed by atoms with E-state index < -0.39 is 11.2 Å². The van der Waals surface area contributed by atoms with Gasteiger partial charge < -0.3 is 15.7 Å². The van der Waals surface area contributed by atoms with Crippen LogP contribution >= 0.6 is 11.8 Å². The zero-order valence-corrected chi connectivity index (χ0v) is 18.6. The molecule has 2 amide bonds. The van der Waals surface area contributed by atoms with Crippen molar-refractivity contribution in [3.8, 4) is 0 Å². The van der Waals surface area contributed by atoms with Crippen molar-refractivity contribution in [2.45, 2.75) is 30.4 Å². The van der Waals surface area contributed by atoms with Crippen LogP contribution in [0.5, 0.6) is 0 Å². The third-order valence-electron chi connectivity index (χ3n) is 4.75. The zero-order chi connectivity index (χ0) is 23.1. The van der Waals surface area contributed by atoms with Crippen molar-refractivity contribution < 1.29 is 19.5 Å². The van der Waals surface area contributed by atoms with Gasteiger partial charge in [0.15, 0.2) is 0 Å². The number of thioether (sulfide) groups is 1. The quantitative estimate of drug-likeness (QED) is 0.422. The average Bonchev–Trinajstić information content (AvgIpc) is 2.76. The second-order valence-electron chi connectivity index (χ2n) is 7.32. The van der Waals surface area contributed by atoms with Crippen LogP contribution in [0.1, 0.15) is 28.4 Å². The predicted octanol–water partition coefficient (Wildman–Crippen LogP) is 4.99. The molecule has 32 heavy (non-hydrogen) atoms. The molecule has 3 aromatic rings.